The Hall–Kier alpha value is -1.61. The van der Waals surface area contributed by atoms with Gasteiger partial charge in [-0.3, -0.25) is 5.84 Å². The van der Waals surface area contributed by atoms with Gasteiger partial charge in [-0.1, -0.05) is 6.58 Å². The standard InChI is InChI=1S/C12H13BrF3N5/c1-6(4-9(21-17)7-2-3-7)19-10-8(12(14,15)16)5-18-11(13)20-10/h4-5,7,21H,1-3,17H2,(H,18,19,20)/b9-4-. The quantitative estimate of drug-likeness (QED) is 0.324. The van der Waals surface area contributed by atoms with Crippen molar-refractivity contribution < 1.29 is 13.2 Å². The number of hydrazine groups is 1. The third-order valence-corrected chi connectivity index (χ3v) is 3.24. The van der Waals surface area contributed by atoms with E-state index >= 15 is 0 Å². The first-order chi connectivity index (χ1) is 9.81. The van der Waals surface area contributed by atoms with Crippen molar-refractivity contribution in [2.45, 2.75) is 19.0 Å². The van der Waals surface area contributed by atoms with Gasteiger partial charge in [0.05, 0.1) is 0 Å². The number of halogens is 4. The summed E-state index contributed by atoms with van der Waals surface area (Å²) in [4.78, 5) is 7.20. The molecule has 0 saturated heterocycles. The molecule has 9 heteroatoms. The summed E-state index contributed by atoms with van der Waals surface area (Å²) < 4.78 is 38.7. The molecule has 0 bridgehead atoms. The molecule has 0 spiro atoms. The molecule has 0 unspecified atom stereocenters. The number of allylic oxidation sites excluding steroid dienone is 2. The molecule has 0 amide bonds. The SMILES string of the molecule is C=C(/C=C(\NN)C1CC1)Nc1nc(Br)ncc1C(F)(F)F. The highest BCUT2D eigenvalue weighted by Gasteiger charge is 2.35. The lowest BCUT2D eigenvalue weighted by Crippen LogP contribution is -2.23. The fraction of sp³-hybridized carbons (Fsp3) is 0.333. The van der Waals surface area contributed by atoms with Gasteiger partial charge >= 0.3 is 6.18 Å². The van der Waals surface area contributed by atoms with Crippen LogP contribution in [0.2, 0.25) is 0 Å². The summed E-state index contributed by atoms with van der Waals surface area (Å²) in [5.41, 5.74) is 2.56. The molecule has 1 aromatic heterocycles. The first-order valence-corrected chi connectivity index (χ1v) is 6.84. The fourth-order valence-electron chi connectivity index (χ4n) is 1.71. The van der Waals surface area contributed by atoms with Gasteiger partial charge in [0.1, 0.15) is 11.4 Å². The lowest BCUT2D eigenvalue weighted by Gasteiger charge is -2.14. The Morgan fingerprint density at radius 3 is 2.67 bits per heavy atom. The van der Waals surface area contributed by atoms with Crippen LogP contribution in [0.1, 0.15) is 18.4 Å². The molecule has 2 rings (SSSR count). The van der Waals surface area contributed by atoms with Crippen molar-refractivity contribution in [3.8, 4) is 0 Å². The molecular formula is C12H13BrF3N5. The highest BCUT2D eigenvalue weighted by molar-refractivity contribution is 9.10. The van der Waals surface area contributed by atoms with Gasteiger partial charge in [0.25, 0.3) is 0 Å². The largest absolute Gasteiger partial charge is 0.421 e. The first kappa shape index (κ1) is 15.8. The molecule has 0 radical (unpaired) electrons. The van der Waals surface area contributed by atoms with Crippen LogP contribution in [0, 0.1) is 5.92 Å². The van der Waals surface area contributed by atoms with Gasteiger partial charge in [0.2, 0.25) is 0 Å². The van der Waals surface area contributed by atoms with Crippen LogP contribution in [-0.4, -0.2) is 9.97 Å². The second-order valence-electron chi connectivity index (χ2n) is 4.57. The number of nitrogens with two attached hydrogens (primary N) is 1. The minimum absolute atomic E-state index is 0.0501. The Bertz CT molecular complexity index is 581. The fourth-order valence-corrected chi connectivity index (χ4v) is 1.99. The van der Waals surface area contributed by atoms with Crippen molar-refractivity contribution in [1.82, 2.24) is 15.4 Å². The number of nitrogens with zero attached hydrogens (tertiary/aromatic N) is 2. The molecule has 1 fully saturated rings. The smallest absolute Gasteiger partial charge is 0.340 e. The van der Waals surface area contributed by atoms with E-state index in [2.05, 4.69) is 43.2 Å². The molecular weight excluding hydrogens is 351 g/mol. The van der Waals surface area contributed by atoms with Crippen molar-refractivity contribution in [2.75, 3.05) is 5.32 Å². The molecule has 0 atom stereocenters. The molecule has 114 valence electrons. The van der Waals surface area contributed by atoms with Crippen molar-refractivity contribution in [3.63, 3.8) is 0 Å². The predicted molar refractivity (Wildman–Crippen MR) is 75.6 cm³/mol. The van der Waals surface area contributed by atoms with Crippen LogP contribution in [-0.2, 0) is 6.18 Å². The van der Waals surface area contributed by atoms with Crippen LogP contribution < -0.4 is 16.6 Å². The number of aromatic nitrogens is 2. The van der Waals surface area contributed by atoms with Gasteiger partial charge < -0.3 is 10.7 Å². The van der Waals surface area contributed by atoms with E-state index in [0.717, 1.165) is 18.5 Å². The van der Waals surface area contributed by atoms with E-state index in [1.54, 1.807) is 6.08 Å². The maximum Gasteiger partial charge on any atom is 0.421 e. The molecule has 1 heterocycles. The van der Waals surface area contributed by atoms with E-state index in [0.29, 0.717) is 12.1 Å². The normalized spacial score (nSPS) is 15.8. The van der Waals surface area contributed by atoms with Crippen molar-refractivity contribution in [3.05, 3.63) is 40.5 Å². The summed E-state index contributed by atoms with van der Waals surface area (Å²) >= 11 is 2.94. The Morgan fingerprint density at radius 1 is 1.48 bits per heavy atom. The van der Waals surface area contributed by atoms with Crippen LogP contribution in [0.5, 0.6) is 0 Å². The summed E-state index contributed by atoms with van der Waals surface area (Å²) in [6.45, 7) is 3.67. The van der Waals surface area contributed by atoms with Crippen molar-refractivity contribution in [1.29, 1.82) is 0 Å². The van der Waals surface area contributed by atoms with E-state index in [1.807, 2.05) is 0 Å². The molecule has 1 aliphatic rings. The number of nitrogens with one attached hydrogen (secondary N) is 2. The van der Waals surface area contributed by atoms with Gasteiger partial charge in [-0.25, -0.2) is 9.97 Å². The second kappa shape index (κ2) is 6.02. The second-order valence-corrected chi connectivity index (χ2v) is 5.28. The Balaban J connectivity index is 2.22. The number of hydrogen-bond acceptors (Lipinski definition) is 5. The molecule has 1 aliphatic carbocycles. The van der Waals surface area contributed by atoms with Gasteiger partial charge in [-0.15, -0.1) is 0 Å². The summed E-state index contributed by atoms with van der Waals surface area (Å²) in [5, 5.41) is 2.54. The Labute approximate surface area is 127 Å². The zero-order valence-corrected chi connectivity index (χ0v) is 12.4. The monoisotopic (exact) mass is 363 g/mol. The Kier molecular flexibility index (Phi) is 4.52. The van der Waals surface area contributed by atoms with Crippen LogP contribution >= 0.6 is 15.9 Å². The van der Waals surface area contributed by atoms with Gasteiger partial charge in [0.15, 0.2) is 4.73 Å². The summed E-state index contributed by atoms with van der Waals surface area (Å²) in [6.07, 6.45) is -0.280. The van der Waals surface area contributed by atoms with Crippen molar-refractivity contribution in [2.24, 2.45) is 11.8 Å². The van der Waals surface area contributed by atoms with Crippen LogP contribution in [0.3, 0.4) is 0 Å². The van der Waals surface area contributed by atoms with E-state index in [4.69, 9.17) is 5.84 Å². The highest BCUT2D eigenvalue weighted by Crippen LogP contribution is 2.36. The van der Waals surface area contributed by atoms with E-state index in [9.17, 15) is 13.2 Å². The zero-order chi connectivity index (χ0) is 15.6. The molecule has 21 heavy (non-hydrogen) atoms. The van der Waals surface area contributed by atoms with Gasteiger partial charge in [0, 0.05) is 23.5 Å². The number of anilines is 1. The van der Waals surface area contributed by atoms with E-state index in [1.165, 1.54) is 0 Å². The highest BCUT2D eigenvalue weighted by atomic mass is 79.9. The number of rotatable bonds is 5. The molecule has 5 nitrogen and oxygen atoms in total. The molecule has 1 aromatic rings. The van der Waals surface area contributed by atoms with Crippen LogP contribution in [0.15, 0.2) is 35.0 Å². The topological polar surface area (TPSA) is 75.9 Å². The average Bonchev–Trinajstić information content (AvgIpc) is 3.18. The summed E-state index contributed by atoms with van der Waals surface area (Å²) in [6, 6.07) is 0. The number of hydrogen-bond donors (Lipinski definition) is 3. The maximum atomic E-state index is 12.9. The third-order valence-electron chi connectivity index (χ3n) is 2.86. The molecule has 1 saturated carbocycles. The van der Waals surface area contributed by atoms with Crippen LogP contribution in [0.4, 0.5) is 19.0 Å². The zero-order valence-electron chi connectivity index (χ0n) is 10.8. The lowest BCUT2D eigenvalue weighted by molar-refractivity contribution is -0.137. The van der Waals surface area contributed by atoms with E-state index in [-0.39, 0.29) is 16.2 Å². The Morgan fingerprint density at radius 2 is 2.14 bits per heavy atom. The maximum absolute atomic E-state index is 12.9. The number of alkyl halides is 3. The first-order valence-electron chi connectivity index (χ1n) is 6.05. The predicted octanol–water partition coefficient (Wildman–Crippen LogP) is 2.94. The summed E-state index contributed by atoms with van der Waals surface area (Å²) in [5.74, 6) is 5.33. The minimum atomic E-state index is -4.56. The minimum Gasteiger partial charge on any atom is -0.340 e. The van der Waals surface area contributed by atoms with Gasteiger partial charge in [-0.05, 0) is 34.8 Å². The third kappa shape index (κ3) is 4.18. The molecule has 0 aliphatic heterocycles. The molecule has 4 N–H and O–H groups in total. The van der Waals surface area contributed by atoms with E-state index < -0.39 is 11.7 Å². The van der Waals surface area contributed by atoms with Crippen molar-refractivity contribution >= 4 is 21.7 Å². The van der Waals surface area contributed by atoms with Crippen LogP contribution in [0.25, 0.3) is 0 Å². The van der Waals surface area contributed by atoms with Gasteiger partial charge in [-0.2, -0.15) is 13.2 Å². The molecule has 0 aromatic carbocycles. The average molecular weight is 364 g/mol. The summed E-state index contributed by atoms with van der Waals surface area (Å²) in [7, 11) is 0. The lowest BCUT2D eigenvalue weighted by atomic mass is 10.2.